The molecule has 0 aliphatic carbocycles. The highest BCUT2D eigenvalue weighted by atomic mass is 16.5. The van der Waals surface area contributed by atoms with Crippen LogP contribution in [0.5, 0.6) is 5.75 Å². The molecule has 0 unspecified atom stereocenters. The SMILES string of the molecule is BCc1ccc(OC(=O)CCc2cn(CCC(C)(C)OCCC(C)(C)OC(C)(C)C)nn2)cc1. The molecular weight excluding hydrogens is 429 g/mol. The number of hydrogen-bond acceptors (Lipinski definition) is 6. The summed E-state index contributed by atoms with van der Waals surface area (Å²) in [6, 6.07) is 7.60. The van der Waals surface area contributed by atoms with Gasteiger partial charge in [0.2, 0.25) is 0 Å². The van der Waals surface area contributed by atoms with Gasteiger partial charge in [-0.1, -0.05) is 29.2 Å². The fourth-order valence-corrected chi connectivity index (χ4v) is 3.68. The minimum absolute atomic E-state index is 0.180. The maximum Gasteiger partial charge on any atom is 0.311 e. The number of rotatable bonds is 13. The lowest BCUT2D eigenvalue weighted by atomic mass is 9.97. The van der Waals surface area contributed by atoms with Gasteiger partial charge in [-0.3, -0.25) is 9.48 Å². The Labute approximate surface area is 206 Å². The molecule has 0 amide bonds. The lowest BCUT2D eigenvalue weighted by Gasteiger charge is -2.35. The van der Waals surface area contributed by atoms with Crippen molar-refractivity contribution < 1.29 is 19.0 Å². The van der Waals surface area contributed by atoms with Gasteiger partial charge in [0.1, 0.15) is 13.6 Å². The predicted molar refractivity (Wildman–Crippen MR) is 137 cm³/mol. The van der Waals surface area contributed by atoms with Crippen LogP contribution in [0.15, 0.2) is 30.5 Å². The molecular formula is C26H42BN3O4. The van der Waals surface area contributed by atoms with Crippen LogP contribution >= 0.6 is 0 Å². The van der Waals surface area contributed by atoms with E-state index < -0.39 is 0 Å². The van der Waals surface area contributed by atoms with Crippen molar-refractivity contribution in [3.05, 3.63) is 41.7 Å². The van der Waals surface area contributed by atoms with Gasteiger partial charge in [0.05, 0.1) is 35.5 Å². The van der Waals surface area contributed by atoms with E-state index in [1.54, 1.807) is 0 Å². The average molecular weight is 471 g/mol. The van der Waals surface area contributed by atoms with Crippen LogP contribution in [0.2, 0.25) is 0 Å². The second kappa shape index (κ2) is 12.0. The first-order chi connectivity index (χ1) is 15.8. The van der Waals surface area contributed by atoms with E-state index in [1.807, 2.05) is 35.1 Å². The molecule has 2 aromatic rings. The molecule has 0 saturated heterocycles. The molecule has 7 nitrogen and oxygen atoms in total. The van der Waals surface area contributed by atoms with E-state index in [0.717, 1.165) is 24.9 Å². The van der Waals surface area contributed by atoms with Crippen molar-refractivity contribution in [1.29, 1.82) is 0 Å². The molecule has 0 saturated carbocycles. The van der Waals surface area contributed by atoms with Crippen LogP contribution in [0, 0.1) is 0 Å². The Morgan fingerprint density at radius 3 is 2.29 bits per heavy atom. The molecule has 34 heavy (non-hydrogen) atoms. The van der Waals surface area contributed by atoms with Crippen LogP contribution in [-0.4, -0.2) is 52.2 Å². The molecule has 188 valence electrons. The number of benzene rings is 1. The van der Waals surface area contributed by atoms with E-state index >= 15 is 0 Å². The van der Waals surface area contributed by atoms with Crippen LogP contribution in [0.25, 0.3) is 0 Å². The van der Waals surface area contributed by atoms with Gasteiger partial charge in [0.15, 0.2) is 0 Å². The lowest BCUT2D eigenvalue weighted by molar-refractivity contribution is -0.134. The predicted octanol–water partition coefficient (Wildman–Crippen LogP) is 4.12. The van der Waals surface area contributed by atoms with Crippen molar-refractivity contribution in [2.24, 2.45) is 0 Å². The molecule has 2 rings (SSSR count). The van der Waals surface area contributed by atoms with Gasteiger partial charge in [-0.15, -0.1) is 5.10 Å². The van der Waals surface area contributed by atoms with Crippen molar-refractivity contribution in [2.45, 2.75) is 104 Å². The van der Waals surface area contributed by atoms with Crippen LogP contribution in [0.4, 0.5) is 0 Å². The van der Waals surface area contributed by atoms with E-state index in [2.05, 4.69) is 66.6 Å². The molecule has 0 N–H and O–H groups in total. The summed E-state index contributed by atoms with van der Waals surface area (Å²) in [5.74, 6) is 0.299. The molecule has 0 atom stereocenters. The largest absolute Gasteiger partial charge is 0.427 e. The van der Waals surface area contributed by atoms with Gasteiger partial charge in [-0.05, 0) is 73.4 Å². The minimum Gasteiger partial charge on any atom is -0.427 e. The van der Waals surface area contributed by atoms with Crippen molar-refractivity contribution in [2.75, 3.05) is 6.61 Å². The second-order valence-corrected chi connectivity index (χ2v) is 11.0. The highest BCUT2D eigenvalue weighted by molar-refractivity contribution is 6.08. The fourth-order valence-electron chi connectivity index (χ4n) is 3.68. The molecule has 0 aliphatic rings. The summed E-state index contributed by atoms with van der Waals surface area (Å²) >= 11 is 0. The Balaban J connectivity index is 1.72. The highest BCUT2D eigenvalue weighted by Gasteiger charge is 2.27. The van der Waals surface area contributed by atoms with Crippen LogP contribution in [0.3, 0.4) is 0 Å². The molecule has 0 radical (unpaired) electrons. The molecule has 0 fully saturated rings. The third-order valence-corrected chi connectivity index (χ3v) is 5.46. The number of carbonyl (C=O) groups excluding carboxylic acids is 1. The first kappa shape index (κ1) is 28.1. The van der Waals surface area contributed by atoms with E-state index in [9.17, 15) is 4.79 Å². The van der Waals surface area contributed by atoms with E-state index in [4.69, 9.17) is 14.2 Å². The molecule has 0 bridgehead atoms. The normalized spacial score (nSPS) is 12.7. The number of nitrogens with zero attached hydrogens (tertiary/aromatic N) is 3. The van der Waals surface area contributed by atoms with Crippen molar-refractivity contribution in [3.63, 3.8) is 0 Å². The lowest BCUT2D eigenvalue weighted by Crippen LogP contribution is -2.37. The van der Waals surface area contributed by atoms with Gasteiger partial charge in [-0.2, -0.15) is 0 Å². The maximum absolute atomic E-state index is 12.1. The summed E-state index contributed by atoms with van der Waals surface area (Å²) in [4.78, 5) is 12.1. The average Bonchev–Trinajstić information content (AvgIpc) is 3.17. The summed E-state index contributed by atoms with van der Waals surface area (Å²) in [5.41, 5.74) is 1.28. The molecule has 1 aromatic heterocycles. The van der Waals surface area contributed by atoms with Gasteiger partial charge >= 0.3 is 5.97 Å². The Kier molecular flexibility index (Phi) is 9.89. The van der Waals surface area contributed by atoms with Gasteiger partial charge < -0.3 is 14.2 Å². The Morgan fingerprint density at radius 2 is 1.68 bits per heavy atom. The quantitative estimate of drug-likeness (QED) is 0.249. The van der Waals surface area contributed by atoms with Crippen LogP contribution in [0.1, 0.15) is 79.0 Å². The molecule has 8 heteroatoms. The number of aryl methyl sites for hydroxylation is 2. The zero-order valence-corrected chi connectivity index (χ0v) is 22.3. The Bertz CT molecular complexity index is 902. The fraction of sp³-hybridized carbons (Fsp3) is 0.654. The smallest absolute Gasteiger partial charge is 0.311 e. The third-order valence-electron chi connectivity index (χ3n) is 5.46. The molecule has 0 aliphatic heterocycles. The Hall–Kier alpha value is -2.19. The number of ether oxygens (including phenoxy) is 3. The van der Waals surface area contributed by atoms with E-state index in [-0.39, 0.29) is 29.2 Å². The summed E-state index contributed by atoms with van der Waals surface area (Å²) in [6.07, 6.45) is 5.22. The van der Waals surface area contributed by atoms with E-state index in [1.165, 1.54) is 5.56 Å². The maximum atomic E-state index is 12.1. The van der Waals surface area contributed by atoms with Crippen molar-refractivity contribution >= 4 is 13.8 Å². The topological polar surface area (TPSA) is 75.5 Å². The van der Waals surface area contributed by atoms with Crippen LogP contribution < -0.4 is 4.74 Å². The number of esters is 1. The first-order valence-corrected chi connectivity index (χ1v) is 12.3. The van der Waals surface area contributed by atoms with Gasteiger partial charge in [0.25, 0.3) is 0 Å². The highest BCUT2D eigenvalue weighted by Crippen LogP contribution is 2.24. The molecule has 1 heterocycles. The first-order valence-electron chi connectivity index (χ1n) is 12.3. The van der Waals surface area contributed by atoms with Gasteiger partial charge in [-0.25, -0.2) is 0 Å². The Morgan fingerprint density at radius 1 is 1.00 bits per heavy atom. The summed E-state index contributed by atoms with van der Waals surface area (Å²) in [7, 11) is 2.09. The third kappa shape index (κ3) is 10.8. The summed E-state index contributed by atoms with van der Waals surface area (Å²) in [6.45, 7) is 15.9. The zero-order valence-electron chi connectivity index (χ0n) is 22.3. The van der Waals surface area contributed by atoms with E-state index in [0.29, 0.717) is 25.3 Å². The second-order valence-electron chi connectivity index (χ2n) is 11.0. The number of hydrogen-bond donors (Lipinski definition) is 0. The number of carbonyl (C=O) groups is 1. The van der Waals surface area contributed by atoms with Gasteiger partial charge in [0, 0.05) is 19.2 Å². The zero-order chi connectivity index (χ0) is 25.4. The molecule has 0 spiro atoms. The van der Waals surface area contributed by atoms with Crippen LogP contribution in [-0.2, 0) is 33.6 Å². The standard InChI is InChI=1S/C26H42BN3O4/c1-24(2,3)34-26(6,7)15-17-32-25(4,5)14-16-30-19-21(28-29-30)10-13-23(31)33-22-11-8-20(18-27)9-12-22/h8-9,11-12,19H,10,13-18,27H2,1-7H3. The molecule has 1 aromatic carbocycles. The monoisotopic (exact) mass is 471 g/mol. The van der Waals surface area contributed by atoms with Crippen molar-refractivity contribution in [1.82, 2.24) is 15.0 Å². The minimum atomic E-state index is -0.291. The summed E-state index contributed by atoms with van der Waals surface area (Å²) in [5, 5.41) is 8.39. The summed E-state index contributed by atoms with van der Waals surface area (Å²) < 4.78 is 19.5. The van der Waals surface area contributed by atoms with Crippen molar-refractivity contribution in [3.8, 4) is 5.75 Å². The number of aromatic nitrogens is 3.